The molecule has 2 unspecified atom stereocenters. The zero-order valence-electron chi connectivity index (χ0n) is 11.1. The Morgan fingerprint density at radius 1 is 1.39 bits per heavy atom. The van der Waals surface area contributed by atoms with Gasteiger partial charge >= 0.3 is 0 Å². The summed E-state index contributed by atoms with van der Waals surface area (Å²) >= 11 is 0. The molecule has 1 aromatic carbocycles. The predicted octanol–water partition coefficient (Wildman–Crippen LogP) is 2.44. The second-order valence-corrected chi connectivity index (χ2v) is 5.43. The maximum Gasteiger partial charge on any atom is 0.227 e. The number of carbonyl (C=O) groups excluding carboxylic acids is 1. The van der Waals surface area contributed by atoms with Crippen LogP contribution in [0, 0.1) is 11.8 Å². The van der Waals surface area contributed by atoms with Gasteiger partial charge in [-0.3, -0.25) is 4.79 Å². The predicted molar refractivity (Wildman–Crippen MR) is 71.3 cm³/mol. The molecule has 0 aromatic heterocycles. The van der Waals surface area contributed by atoms with Crippen LogP contribution >= 0.6 is 0 Å². The first-order valence-corrected chi connectivity index (χ1v) is 6.62. The van der Waals surface area contributed by atoms with Crippen LogP contribution in [0.1, 0.15) is 25.8 Å². The molecule has 3 nitrogen and oxygen atoms in total. The fourth-order valence-electron chi connectivity index (χ4n) is 2.44. The zero-order valence-corrected chi connectivity index (χ0v) is 11.1. The summed E-state index contributed by atoms with van der Waals surface area (Å²) < 4.78 is 0. The quantitative estimate of drug-likeness (QED) is 0.872. The third-order valence-electron chi connectivity index (χ3n) is 3.95. The average Bonchev–Trinajstić information content (AvgIpc) is 2.32. The van der Waals surface area contributed by atoms with E-state index in [0.717, 1.165) is 25.1 Å². The second kappa shape index (κ2) is 5.42. The summed E-state index contributed by atoms with van der Waals surface area (Å²) in [5.41, 5.74) is 0.881. The summed E-state index contributed by atoms with van der Waals surface area (Å²) in [4.78, 5) is 14.1. The van der Waals surface area contributed by atoms with E-state index < -0.39 is 0 Å². The molecule has 1 aliphatic heterocycles. The topological polar surface area (TPSA) is 40.5 Å². The van der Waals surface area contributed by atoms with Gasteiger partial charge in [-0.05, 0) is 36.0 Å². The van der Waals surface area contributed by atoms with Crippen molar-refractivity contribution in [3.05, 3.63) is 29.8 Å². The van der Waals surface area contributed by atoms with Crippen LogP contribution in [0.2, 0.25) is 0 Å². The van der Waals surface area contributed by atoms with E-state index >= 15 is 0 Å². The Hall–Kier alpha value is -1.51. The molecular weight excluding hydrogens is 226 g/mol. The summed E-state index contributed by atoms with van der Waals surface area (Å²) in [6.45, 7) is 6.18. The molecule has 1 aliphatic rings. The highest BCUT2D eigenvalue weighted by Crippen LogP contribution is 2.23. The lowest BCUT2D eigenvalue weighted by atomic mass is 9.88. The second-order valence-electron chi connectivity index (χ2n) is 5.43. The lowest BCUT2D eigenvalue weighted by molar-refractivity contribution is -0.132. The Morgan fingerprint density at radius 3 is 2.83 bits per heavy atom. The number of amides is 1. The van der Waals surface area contributed by atoms with Crippen molar-refractivity contribution in [3.63, 3.8) is 0 Å². The van der Waals surface area contributed by atoms with Crippen molar-refractivity contribution in [2.45, 2.75) is 26.7 Å². The third kappa shape index (κ3) is 3.03. The van der Waals surface area contributed by atoms with E-state index in [9.17, 15) is 9.90 Å². The van der Waals surface area contributed by atoms with E-state index in [4.69, 9.17) is 0 Å². The molecule has 1 amide bonds. The van der Waals surface area contributed by atoms with Gasteiger partial charge in [0.05, 0.1) is 6.42 Å². The highest BCUT2D eigenvalue weighted by molar-refractivity contribution is 5.79. The van der Waals surface area contributed by atoms with Gasteiger partial charge in [-0.25, -0.2) is 0 Å². The molecular formula is C15H21NO2. The molecule has 0 saturated carbocycles. The zero-order chi connectivity index (χ0) is 13.1. The van der Waals surface area contributed by atoms with Gasteiger partial charge in [0.2, 0.25) is 5.91 Å². The Labute approximate surface area is 108 Å². The largest absolute Gasteiger partial charge is 0.508 e. The number of hydrogen-bond donors (Lipinski definition) is 1. The van der Waals surface area contributed by atoms with E-state index in [1.54, 1.807) is 18.2 Å². The van der Waals surface area contributed by atoms with Gasteiger partial charge in [0, 0.05) is 13.1 Å². The maximum absolute atomic E-state index is 12.2. The first-order chi connectivity index (χ1) is 8.56. The molecule has 1 fully saturated rings. The van der Waals surface area contributed by atoms with E-state index in [1.165, 1.54) is 0 Å². The van der Waals surface area contributed by atoms with Gasteiger partial charge in [-0.2, -0.15) is 0 Å². The van der Waals surface area contributed by atoms with Crippen LogP contribution in [-0.2, 0) is 11.2 Å². The molecule has 2 atom stereocenters. The minimum Gasteiger partial charge on any atom is -0.508 e. The highest BCUT2D eigenvalue weighted by Gasteiger charge is 2.25. The van der Waals surface area contributed by atoms with E-state index in [1.807, 2.05) is 11.0 Å². The number of benzene rings is 1. The van der Waals surface area contributed by atoms with Gasteiger partial charge in [-0.15, -0.1) is 0 Å². The van der Waals surface area contributed by atoms with Gasteiger partial charge in [0.25, 0.3) is 0 Å². The van der Waals surface area contributed by atoms with Crippen molar-refractivity contribution in [1.29, 1.82) is 0 Å². The molecule has 2 rings (SSSR count). The normalized spacial score (nSPS) is 24.0. The summed E-state index contributed by atoms with van der Waals surface area (Å²) in [6.07, 6.45) is 1.47. The van der Waals surface area contributed by atoms with Gasteiger partial charge < -0.3 is 10.0 Å². The lowest BCUT2D eigenvalue weighted by Gasteiger charge is -2.35. The van der Waals surface area contributed by atoms with Crippen molar-refractivity contribution < 1.29 is 9.90 Å². The van der Waals surface area contributed by atoms with Crippen LogP contribution < -0.4 is 0 Å². The fraction of sp³-hybridized carbons (Fsp3) is 0.533. The summed E-state index contributed by atoms with van der Waals surface area (Å²) in [6, 6.07) is 6.94. The Bertz CT molecular complexity index is 430. The molecule has 0 spiro atoms. The highest BCUT2D eigenvalue weighted by atomic mass is 16.3. The molecule has 1 heterocycles. The number of phenolic OH excluding ortho intramolecular Hbond substituents is 1. The molecule has 98 valence electrons. The summed E-state index contributed by atoms with van der Waals surface area (Å²) in [5, 5.41) is 9.39. The van der Waals surface area contributed by atoms with E-state index in [0.29, 0.717) is 18.3 Å². The van der Waals surface area contributed by atoms with Crippen LogP contribution in [0.4, 0.5) is 0 Å². The van der Waals surface area contributed by atoms with Crippen molar-refractivity contribution in [2.24, 2.45) is 11.8 Å². The molecule has 1 saturated heterocycles. The summed E-state index contributed by atoms with van der Waals surface area (Å²) in [5.74, 6) is 1.67. The number of carbonyl (C=O) groups is 1. The van der Waals surface area contributed by atoms with Gasteiger partial charge in [-0.1, -0.05) is 26.0 Å². The van der Waals surface area contributed by atoms with Crippen molar-refractivity contribution >= 4 is 5.91 Å². The SMILES string of the molecule is CC1CCN(C(=O)Cc2cccc(O)c2)CC1C. The molecule has 18 heavy (non-hydrogen) atoms. The molecule has 0 radical (unpaired) electrons. The van der Waals surface area contributed by atoms with Crippen molar-refractivity contribution in [2.75, 3.05) is 13.1 Å². The van der Waals surface area contributed by atoms with E-state index in [-0.39, 0.29) is 11.7 Å². The lowest BCUT2D eigenvalue weighted by Crippen LogP contribution is -2.42. The number of phenols is 1. The van der Waals surface area contributed by atoms with Gasteiger partial charge in [0.15, 0.2) is 0 Å². The van der Waals surface area contributed by atoms with Crippen LogP contribution in [0.15, 0.2) is 24.3 Å². The number of hydrogen-bond acceptors (Lipinski definition) is 2. The number of likely N-dealkylation sites (tertiary alicyclic amines) is 1. The first-order valence-electron chi connectivity index (χ1n) is 6.62. The Morgan fingerprint density at radius 2 is 2.17 bits per heavy atom. The Balaban J connectivity index is 1.96. The van der Waals surface area contributed by atoms with Crippen LogP contribution in [0.3, 0.4) is 0 Å². The molecule has 1 aromatic rings. The standard InChI is InChI=1S/C15H21NO2/c1-11-6-7-16(10-12(11)2)15(18)9-13-4-3-5-14(17)8-13/h3-5,8,11-12,17H,6-7,9-10H2,1-2H3. The number of nitrogens with zero attached hydrogens (tertiary/aromatic N) is 1. The average molecular weight is 247 g/mol. The van der Waals surface area contributed by atoms with Gasteiger partial charge in [0.1, 0.15) is 5.75 Å². The minimum absolute atomic E-state index is 0.166. The first kappa shape index (κ1) is 12.9. The number of rotatable bonds is 2. The number of piperidine rings is 1. The van der Waals surface area contributed by atoms with Crippen LogP contribution in [0.25, 0.3) is 0 Å². The summed E-state index contributed by atoms with van der Waals surface area (Å²) in [7, 11) is 0. The smallest absolute Gasteiger partial charge is 0.227 e. The molecule has 0 bridgehead atoms. The number of aromatic hydroxyl groups is 1. The fourth-order valence-corrected chi connectivity index (χ4v) is 2.44. The van der Waals surface area contributed by atoms with Crippen LogP contribution in [0.5, 0.6) is 5.75 Å². The molecule has 0 aliphatic carbocycles. The minimum atomic E-state index is 0.166. The Kier molecular flexibility index (Phi) is 3.90. The van der Waals surface area contributed by atoms with E-state index in [2.05, 4.69) is 13.8 Å². The van der Waals surface area contributed by atoms with Crippen molar-refractivity contribution in [1.82, 2.24) is 4.90 Å². The molecule has 1 N–H and O–H groups in total. The maximum atomic E-state index is 12.2. The van der Waals surface area contributed by atoms with Crippen molar-refractivity contribution in [3.8, 4) is 5.75 Å². The monoisotopic (exact) mass is 247 g/mol. The molecule has 3 heteroatoms. The third-order valence-corrected chi connectivity index (χ3v) is 3.95. The van der Waals surface area contributed by atoms with Crippen LogP contribution in [-0.4, -0.2) is 29.0 Å².